The van der Waals surface area contributed by atoms with Crippen LogP contribution < -0.4 is 4.74 Å². The third kappa shape index (κ3) is 2.00. The lowest BCUT2D eigenvalue weighted by Gasteiger charge is -2.06. The van der Waals surface area contributed by atoms with Crippen LogP contribution in [-0.2, 0) is 6.42 Å². The molecule has 3 heteroatoms. The molecule has 0 bridgehead atoms. The second-order valence-corrected chi connectivity index (χ2v) is 4.89. The molecule has 0 unspecified atom stereocenters. The fraction of sp³-hybridized carbons (Fsp3) is 0.188. The Morgan fingerprint density at radius 2 is 1.74 bits per heavy atom. The second-order valence-electron chi connectivity index (χ2n) is 4.48. The molecule has 0 radical (unpaired) electrons. The summed E-state index contributed by atoms with van der Waals surface area (Å²) in [5.74, 6) is 0.775. The van der Waals surface area contributed by atoms with Crippen molar-refractivity contribution in [2.45, 2.75) is 13.3 Å². The van der Waals surface area contributed by atoms with Gasteiger partial charge in [0.1, 0.15) is 16.9 Å². The van der Waals surface area contributed by atoms with Gasteiger partial charge in [-0.05, 0) is 36.2 Å². The highest BCUT2D eigenvalue weighted by Crippen LogP contribution is 2.28. The van der Waals surface area contributed by atoms with Gasteiger partial charge in [-0.2, -0.15) is 0 Å². The number of ether oxygens (including phenoxy) is 1. The fourth-order valence-corrected chi connectivity index (χ4v) is 2.56. The van der Waals surface area contributed by atoms with Gasteiger partial charge in [0, 0.05) is 16.8 Å². The first-order valence-electron chi connectivity index (χ1n) is 6.26. The van der Waals surface area contributed by atoms with Crippen molar-refractivity contribution in [3.8, 4) is 5.75 Å². The summed E-state index contributed by atoms with van der Waals surface area (Å²) in [6.07, 6.45) is 0.981. The molecule has 1 heterocycles. The molecule has 3 aromatic rings. The molecule has 0 amide bonds. The number of hydrogen-bond acceptors (Lipinski definition) is 3. The van der Waals surface area contributed by atoms with E-state index in [2.05, 4.69) is 19.1 Å². The summed E-state index contributed by atoms with van der Waals surface area (Å²) in [6.45, 7) is 2.12. The molecule has 1 aromatic heterocycles. The smallest absolute Gasteiger partial charge is 0.139 e. The molecule has 0 spiro atoms. The van der Waals surface area contributed by atoms with Crippen LogP contribution in [0.5, 0.6) is 5.75 Å². The molecule has 0 saturated carbocycles. The molecule has 0 fully saturated rings. The Balaban J connectivity index is 2.41. The van der Waals surface area contributed by atoms with E-state index < -0.39 is 0 Å². The average Bonchev–Trinajstić information content (AvgIpc) is 2.46. The zero-order chi connectivity index (χ0) is 13.4. The molecular formula is C16H14O2S. The van der Waals surface area contributed by atoms with Crippen molar-refractivity contribution in [3.05, 3.63) is 46.5 Å². The SMILES string of the molecule is CCc1ccc2c(=S)c3ccc(OC)cc3oc2c1. The summed E-state index contributed by atoms with van der Waals surface area (Å²) in [7, 11) is 1.64. The summed E-state index contributed by atoms with van der Waals surface area (Å²) in [5.41, 5.74) is 2.85. The highest BCUT2D eigenvalue weighted by molar-refractivity contribution is 7.72. The molecule has 0 saturated heterocycles. The quantitative estimate of drug-likeness (QED) is 0.489. The van der Waals surface area contributed by atoms with Crippen molar-refractivity contribution in [2.24, 2.45) is 0 Å². The van der Waals surface area contributed by atoms with Gasteiger partial charge >= 0.3 is 0 Å². The van der Waals surface area contributed by atoms with Crippen LogP contribution in [0, 0.1) is 4.51 Å². The lowest BCUT2D eigenvalue weighted by Crippen LogP contribution is -1.85. The summed E-state index contributed by atoms with van der Waals surface area (Å²) < 4.78 is 12.0. The molecule has 0 aliphatic rings. The number of hydrogen-bond donors (Lipinski definition) is 0. The molecule has 0 N–H and O–H groups in total. The van der Waals surface area contributed by atoms with Gasteiger partial charge in [-0.15, -0.1) is 0 Å². The van der Waals surface area contributed by atoms with Gasteiger partial charge in [-0.3, -0.25) is 0 Å². The van der Waals surface area contributed by atoms with Crippen molar-refractivity contribution in [1.82, 2.24) is 0 Å². The van der Waals surface area contributed by atoms with Crippen molar-refractivity contribution >= 4 is 34.2 Å². The predicted molar refractivity (Wildman–Crippen MR) is 80.5 cm³/mol. The van der Waals surface area contributed by atoms with E-state index in [1.807, 2.05) is 24.3 Å². The van der Waals surface area contributed by atoms with E-state index in [1.54, 1.807) is 7.11 Å². The minimum atomic E-state index is 0.769. The molecule has 0 aliphatic carbocycles. The van der Waals surface area contributed by atoms with Crippen molar-refractivity contribution < 1.29 is 9.15 Å². The van der Waals surface area contributed by atoms with Crippen LogP contribution in [-0.4, -0.2) is 7.11 Å². The molecular weight excluding hydrogens is 256 g/mol. The molecule has 0 aliphatic heterocycles. The first-order chi connectivity index (χ1) is 9.22. The highest BCUT2D eigenvalue weighted by atomic mass is 32.1. The summed E-state index contributed by atoms with van der Waals surface area (Å²) in [5, 5.41) is 1.94. The van der Waals surface area contributed by atoms with Crippen molar-refractivity contribution in [3.63, 3.8) is 0 Å². The Bertz CT molecular complexity index is 753. The van der Waals surface area contributed by atoms with E-state index in [9.17, 15) is 0 Å². The molecule has 96 valence electrons. The van der Waals surface area contributed by atoms with E-state index in [0.717, 1.165) is 38.6 Å². The molecule has 3 rings (SSSR count). The Morgan fingerprint density at radius 1 is 1.05 bits per heavy atom. The summed E-state index contributed by atoms with van der Waals surface area (Å²) >= 11 is 5.55. The van der Waals surface area contributed by atoms with Crippen molar-refractivity contribution in [2.75, 3.05) is 7.11 Å². The van der Waals surface area contributed by atoms with Gasteiger partial charge in [0.25, 0.3) is 0 Å². The van der Waals surface area contributed by atoms with Crippen LogP contribution in [0.3, 0.4) is 0 Å². The average molecular weight is 270 g/mol. The summed E-state index contributed by atoms with van der Waals surface area (Å²) in [4.78, 5) is 0. The normalized spacial score (nSPS) is 11.1. The Morgan fingerprint density at radius 3 is 2.42 bits per heavy atom. The maximum absolute atomic E-state index is 5.97. The number of methoxy groups -OCH3 is 1. The third-order valence-corrected chi connectivity index (χ3v) is 3.79. The molecule has 19 heavy (non-hydrogen) atoms. The third-order valence-electron chi connectivity index (χ3n) is 3.35. The topological polar surface area (TPSA) is 22.4 Å². The summed E-state index contributed by atoms with van der Waals surface area (Å²) in [6, 6.07) is 11.9. The lowest BCUT2D eigenvalue weighted by atomic mass is 10.1. The predicted octanol–water partition coefficient (Wildman–Crippen LogP) is 4.89. The van der Waals surface area contributed by atoms with E-state index >= 15 is 0 Å². The van der Waals surface area contributed by atoms with Gasteiger partial charge in [0.15, 0.2) is 0 Å². The Labute approximate surface area is 116 Å². The van der Waals surface area contributed by atoms with Crippen LogP contribution in [0.2, 0.25) is 0 Å². The minimum absolute atomic E-state index is 0.769. The van der Waals surface area contributed by atoms with Gasteiger partial charge < -0.3 is 9.15 Å². The van der Waals surface area contributed by atoms with Crippen LogP contribution in [0.25, 0.3) is 21.9 Å². The Hall–Kier alpha value is -1.87. The maximum atomic E-state index is 5.97. The van der Waals surface area contributed by atoms with Crippen LogP contribution in [0.4, 0.5) is 0 Å². The number of rotatable bonds is 2. The van der Waals surface area contributed by atoms with E-state index in [0.29, 0.717) is 0 Å². The van der Waals surface area contributed by atoms with E-state index in [-0.39, 0.29) is 0 Å². The molecule has 2 nitrogen and oxygen atoms in total. The van der Waals surface area contributed by atoms with Gasteiger partial charge in [-0.1, -0.05) is 25.2 Å². The van der Waals surface area contributed by atoms with Crippen LogP contribution in [0.15, 0.2) is 40.8 Å². The van der Waals surface area contributed by atoms with Gasteiger partial charge in [-0.25, -0.2) is 0 Å². The van der Waals surface area contributed by atoms with Crippen molar-refractivity contribution in [1.29, 1.82) is 0 Å². The Kier molecular flexibility index (Phi) is 2.99. The number of fused-ring (bicyclic) bond motifs is 2. The second kappa shape index (κ2) is 4.67. The van der Waals surface area contributed by atoms with Crippen LogP contribution in [0.1, 0.15) is 12.5 Å². The zero-order valence-electron chi connectivity index (χ0n) is 10.9. The number of aryl methyl sites for hydroxylation is 1. The van der Waals surface area contributed by atoms with Gasteiger partial charge in [0.2, 0.25) is 0 Å². The fourth-order valence-electron chi connectivity index (χ4n) is 2.22. The van der Waals surface area contributed by atoms with Gasteiger partial charge in [0.05, 0.1) is 11.6 Å². The molecule has 2 aromatic carbocycles. The molecule has 0 atom stereocenters. The zero-order valence-corrected chi connectivity index (χ0v) is 11.7. The minimum Gasteiger partial charge on any atom is -0.497 e. The highest BCUT2D eigenvalue weighted by Gasteiger charge is 2.06. The first-order valence-corrected chi connectivity index (χ1v) is 6.67. The van der Waals surface area contributed by atoms with Crippen LogP contribution >= 0.6 is 12.2 Å². The maximum Gasteiger partial charge on any atom is 0.139 e. The monoisotopic (exact) mass is 270 g/mol. The van der Waals surface area contributed by atoms with E-state index in [4.69, 9.17) is 21.4 Å². The number of benzene rings is 2. The standard InChI is InChI=1S/C16H14O2S/c1-3-10-4-6-12-14(8-10)18-15-9-11(17-2)5-7-13(15)16(12)19/h4-9H,3H2,1-2H3. The van der Waals surface area contributed by atoms with E-state index in [1.165, 1.54) is 5.56 Å². The largest absolute Gasteiger partial charge is 0.497 e. The first kappa shape index (κ1) is 12.2. The lowest BCUT2D eigenvalue weighted by molar-refractivity contribution is 0.414.